The molecule has 1 N–H and O–H groups in total. The van der Waals surface area contributed by atoms with Crippen LogP contribution >= 0.6 is 0 Å². The minimum atomic E-state index is -0.605. The van der Waals surface area contributed by atoms with Gasteiger partial charge in [0.25, 0.3) is 5.91 Å². The summed E-state index contributed by atoms with van der Waals surface area (Å²) in [5.74, 6) is 3.17. The van der Waals surface area contributed by atoms with E-state index in [1.807, 2.05) is 76.2 Å². The third-order valence-corrected chi connectivity index (χ3v) is 24.4. The molecule has 656 valence electrons. The van der Waals surface area contributed by atoms with Crippen molar-refractivity contribution in [1.29, 1.82) is 0 Å². The van der Waals surface area contributed by atoms with Crippen LogP contribution < -0.4 is 28.8 Å². The second kappa shape index (κ2) is 42.4. The predicted octanol–water partition coefficient (Wildman–Crippen LogP) is 25.7. The smallest absolute Gasteiger partial charge is 0.305 e. The van der Waals surface area contributed by atoms with Gasteiger partial charge in [-0.2, -0.15) is 4.57 Å². The lowest BCUT2D eigenvalue weighted by atomic mass is 9.64. The van der Waals surface area contributed by atoms with Crippen LogP contribution in [0.4, 0.5) is 0 Å². The van der Waals surface area contributed by atoms with Crippen molar-refractivity contribution in [3.8, 4) is 34.1 Å². The van der Waals surface area contributed by atoms with E-state index in [1.54, 1.807) is 0 Å². The Balaban J connectivity index is 0.521. The van der Waals surface area contributed by atoms with Gasteiger partial charge in [0.2, 0.25) is 6.54 Å². The first-order valence-electron chi connectivity index (χ1n) is 45.8. The van der Waals surface area contributed by atoms with E-state index in [0.29, 0.717) is 52.4 Å². The number of carbonyl (C=O) groups is 2. The molecule has 0 spiro atoms. The monoisotopic (exact) mass is 1670 g/mol. The zero-order valence-electron chi connectivity index (χ0n) is 78.1. The van der Waals surface area contributed by atoms with Crippen molar-refractivity contribution in [2.75, 3.05) is 39.6 Å². The molecule has 124 heavy (non-hydrogen) atoms. The molecule has 0 aliphatic heterocycles. The predicted molar refractivity (Wildman–Crippen MR) is 509 cm³/mol. The fourth-order valence-corrected chi connectivity index (χ4v) is 16.6. The summed E-state index contributed by atoms with van der Waals surface area (Å²) in [5, 5.41) is 12.0. The molecule has 2 aromatic heterocycles. The van der Waals surface area contributed by atoms with Gasteiger partial charge in [-0.05, 0) is 236 Å². The number of nitrogens with zero attached hydrogens (tertiary/aromatic N) is 4. The average Bonchev–Trinajstić information content (AvgIpc) is 0.798. The van der Waals surface area contributed by atoms with E-state index < -0.39 is 10.8 Å². The molecule has 0 unspecified atom stereocenters. The van der Waals surface area contributed by atoms with Crippen LogP contribution in [0.2, 0.25) is 0 Å². The molecule has 9 aromatic carbocycles. The summed E-state index contributed by atoms with van der Waals surface area (Å²) < 4.78 is 34.3. The lowest BCUT2D eigenvalue weighted by Gasteiger charge is -2.38. The van der Waals surface area contributed by atoms with Crippen LogP contribution in [0.25, 0.3) is 11.1 Å². The summed E-state index contributed by atoms with van der Waals surface area (Å²) in [4.78, 5) is 26.8. The first kappa shape index (κ1) is 94.1. The minimum absolute atomic E-state index is 0.00274. The van der Waals surface area contributed by atoms with Crippen molar-refractivity contribution in [2.45, 2.75) is 277 Å². The zero-order chi connectivity index (χ0) is 88.8. The van der Waals surface area contributed by atoms with Gasteiger partial charge in [-0.3, -0.25) is 14.3 Å². The Labute approximate surface area is 743 Å². The number of hydrogen-bond donors (Lipinski definition) is 1. The molecule has 11 aromatic rings. The Bertz CT molecular complexity index is 4830. The fourth-order valence-electron chi connectivity index (χ4n) is 16.6. The van der Waals surface area contributed by atoms with Crippen molar-refractivity contribution in [3.05, 3.63) is 327 Å². The molecule has 0 bridgehead atoms. The number of aromatic nitrogens is 4. The lowest BCUT2D eigenvalue weighted by Crippen LogP contribution is -2.42. The Morgan fingerprint density at radius 1 is 0.347 bits per heavy atom. The highest BCUT2D eigenvalue weighted by Gasteiger charge is 2.41. The number of benzene rings is 9. The molecule has 12 nitrogen and oxygen atoms in total. The topological polar surface area (TPSA) is 127 Å². The Hall–Kier alpha value is -10.6. The Kier molecular flexibility index (Phi) is 32.2. The van der Waals surface area contributed by atoms with E-state index in [1.165, 1.54) is 72.3 Å². The Morgan fingerprint density at radius 2 is 0.677 bits per heavy atom. The number of hydrogen-bond acceptors (Lipinski definition) is 9. The van der Waals surface area contributed by atoms with Crippen LogP contribution in [-0.2, 0) is 77.2 Å². The second-order valence-corrected chi connectivity index (χ2v) is 40.3. The maximum Gasteiger partial charge on any atom is 0.305 e. The zero-order valence-corrected chi connectivity index (χ0v) is 78.1. The summed E-state index contributed by atoms with van der Waals surface area (Å²) in [7, 11) is 0. The van der Waals surface area contributed by atoms with Crippen molar-refractivity contribution < 1.29 is 37.8 Å². The van der Waals surface area contributed by atoms with E-state index in [2.05, 4.69) is 322 Å². The number of esters is 1. The van der Waals surface area contributed by atoms with E-state index in [-0.39, 0.29) is 50.9 Å². The van der Waals surface area contributed by atoms with Crippen LogP contribution in [-0.4, -0.2) is 66.4 Å². The lowest BCUT2D eigenvalue weighted by molar-refractivity contribution is -0.684. The van der Waals surface area contributed by atoms with Crippen molar-refractivity contribution in [3.63, 3.8) is 0 Å². The maximum absolute atomic E-state index is 13.4. The summed E-state index contributed by atoms with van der Waals surface area (Å²) in [6, 6.07) is 84.4. The highest BCUT2D eigenvalue weighted by molar-refractivity contribution is 5.74. The molecule has 0 aliphatic carbocycles. The molecule has 0 aliphatic rings. The van der Waals surface area contributed by atoms with E-state index in [0.717, 1.165) is 130 Å². The van der Waals surface area contributed by atoms with Gasteiger partial charge in [-0.25, -0.2) is 0 Å². The molecule has 12 heteroatoms. The van der Waals surface area contributed by atoms with Crippen LogP contribution in [0.5, 0.6) is 23.0 Å². The number of rotatable bonds is 41. The first-order chi connectivity index (χ1) is 59.0. The van der Waals surface area contributed by atoms with Crippen LogP contribution in [0, 0.1) is 0 Å². The van der Waals surface area contributed by atoms with Crippen LogP contribution in [0.1, 0.15) is 293 Å². The van der Waals surface area contributed by atoms with Gasteiger partial charge in [0, 0.05) is 42.8 Å². The molecule has 0 saturated carbocycles. The number of unbranched alkanes of at least 4 members (excludes halogenated alkanes) is 8. The summed E-state index contributed by atoms with van der Waals surface area (Å²) >= 11 is 0. The Morgan fingerprint density at radius 3 is 1.05 bits per heavy atom. The minimum Gasteiger partial charge on any atom is -0.494 e. The molecular formula is C112H142N5O7+. The highest BCUT2D eigenvalue weighted by atomic mass is 16.5. The third kappa shape index (κ3) is 26.0. The van der Waals surface area contributed by atoms with E-state index >= 15 is 0 Å². The SMILES string of the molecule is CC(C)(C)c1ccc(C(CCOC(=O)CCCCCn2cc(CCCOc3ccc(OCCCCCCOc4ccc(OCCCCCCNC(=O)C[n+]5cccc(-c6ccc(C(c7ccc(C(C)(C)C)cc7)(c7ccc(C(C)(C)C)cc7)c7ccc(C(C)(C)C)cc7)cc6)c5)cc4)cc3)nn2)(c2ccc(C(C)(C)C)cc2)c2ccc(C(C)(C)C)cc2)cc1. The van der Waals surface area contributed by atoms with Gasteiger partial charge in [-0.1, -0.05) is 319 Å². The van der Waals surface area contributed by atoms with Gasteiger partial charge in [0.15, 0.2) is 12.4 Å². The fraction of sp³-hybridized carbons (Fsp3) is 0.438. The summed E-state index contributed by atoms with van der Waals surface area (Å²) in [6.45, 7) is 45.2. The maximum atomic E-state index is 13.4. The second-order valence-electron chi connectivity index (χ2n) is 40.3. The van der Waals surface area contributed by atoms with Crippen LogP contribution in [0.15, 0.2) is 249 Å². The number of ether oxygens (including phenoxy) is 5. The summed E-state index contributed by atoms with van der Waals surface area (Å²) in [6.07, 6.45) is 19.1. The number of amides is 1. The number of nitrogens with one attached hydrogen (secondary N) is 1. The largest absolute Gasteiger partial charge is 0.494 e. The standard InChI is InChI=1S/C112H141N5O7/c1-105(2,3)85-39-51-91(52-40-85)111(92-53-41-86(42-54-92)106(4,5)6,93-55-43-87(44-56-93)107(7,8)9)71-79-124-104(119)34-24-23-26-74-117-81-98(114-115-117)33-31-78-123-102-69-67-101(68-70-102)122-77-29-22-21-28-76-121-100-65-63-99(64-66-100)120-75-27-20-19-25-72-113-103(118)82-116-73-30-32-84(80-116)83-35-37-94(38-36-83)112(95-57-45-88(46-58-95)108(10,11)12,96-59-47-89(48-60-96)109(13,14)15)97-61-49-90(50-62-97)110(16,17)18/h30,32,35-70,73,80-81H,19-29,31,33-34,71-72,74-79,82H2,1-18H3/p+1. The third-order valence-electron chi connectivity index (χ3n) is 24.4. The van der Waals surface area contributed by atoms with Gasteiger partial charge in [0.1, 0.15) is 23.0 Å². The van der Waals surface area contributed by atoms with Gasteiger partial charge in [-0.15, -0.1) is 5.10 Å². The molecule has 1 amide bonds. The molecule has 0 saturated heterocycles. The molecule has 0 atom stereocenters. The summed E-state index contributed by atoms with van der Waals surface area (Å²) in [5.41, 5.74) is 18.2. The molecule has 2 heterocycles. The molecule has 11 rings (SSSR count). The van der Waals surface area contributed by atoms with E-state index in [4.69, 9.17) is 23.7 Å². The van der Waals surface area contributed by atoms with Gasteiger partial charge < -0.3 is 29.0 Å². The normalized spacial score (nSPS) is 12.4. The van der Waals surface area contributed by atoms with E-state index in [9.17, 15) is 9.59 Å². The number of pyridine rings is 1. The average molecular weight is 1670 g/mol. The molecular weight excluding hydrogens is 1530 g/mol. The van der Waals surface area contributed by atoms with Crippen molar-refractivity contribution >= 4 is 11.9 Å². The quantitative estimate of drug-likeness (QED) is 0.0172. The van der Waals surface area contributed by atoms with Crippen molar-refractivity contribution in [1.82, 2.24) is 20.3 Å². The number of aryl methyl sites for hydroxylation is 2. The van der Waals surface area contributed by atoms with Crippen molar-refractivity contribution in [2.24, 2.45) is 0 Å². The molecule has 0 fully saturated rings. The van der Waals surface area contributed by atoms with Gasteiger partial charge >= 0.3 is 5.97 Å². The number of carbonyl (C=O) groups excluding carboxylic acids is 2. The van der Waals surface area contributed by atoms with Gasteiger partial charge in [0.05, 0.1) is 44.1 Å². The molecule has 0 radical (unpaired) electrons. The van der Waals surface area contributed by atoms with Crippen LogP contribution in [0.3, 0.4) is 0 Å². The highest BCUT2D eigenvalue weighted by Crippen LogP contribution is 2.49. The first-order valence-corrected chi connectivity index (χ1v) is 45.8.